The maximum absolute atomic E-state index is 12.9. The molecule has 0 saturated heterocycles. The minimum atomic E-state index is -0.711. The third kappa shape index (κ3) is 3.06. The smallest absolute Gasteiger partial charge is 0.344 e. The van der Waals surface area contributed by atoms with Gasteiger partial charge in [0.2, 0.25) is 5.88 Å². The second-order valence-electron chi connectivity index (χ2n) is 6.64. The lowest BCUT2D eigenvalue weighted by Crippen LogP contribution is -2.26. The van der Waals surface area contributed by atoms with Gasteiger partial charge in [-0.3, -0.25) is 0 Å². The lowest BCUT2D eigenvalue weighted by atomic mass is 9.83. The van der Waals surface area contributed by atoms with Crippen molar-refractivity contribution in [2.75, 3.05) is 7.11 Å². The van der Waals surface area contributed by atoms with Crippen molar-refractivity contribution in [3.63, 3.8) is 0 Å². The SMILES string of the molecule is CCc1ccc2oc(=O)c3c(c2c1)OC(N)=C(C#N)C3c1ccc(OC)c(Br)c1. The normalized spacial score (nSPS) is 15.6. The number of nitrogens with two attached hydrogens (primary N) is 1. The van der Waals surface area contributed by atoms with Gasteiger partial charge in [0, 0.05) is 0 Å². The van der Waals surface area contributed by atoms with Crippen molar-refractivity contribution in [3.05, 3.63) is 79.4 Å². The Morgan fingerprint density at radius 2 is 2.07 bits per heavy atom. The predicted molar refractivity (Wildman–Crippen MR) is 112 cm³/mol. The van der Waals surface area contributed by atoms with E-state index in [0.29, 0.717) is 32.5 Å². The number of aryl methyl sites for hydroxylation is 1. The van der Waals surface area contributed by atoms with Crippen LogP contribution in [0.15, 0.2) is 61.5 Å². The zero-order chi connectivity index (χ0) is 20.7. The van der Waals surface area contributed by atoms with E-state index in [1.54, 1.807) is 31.4 Å². The molecule has 146 valence electrons. The van der Waals surface area contributed by atoms with Gasteiger partial charge in [-0.2, -0.15) is 5.26 Å². The van der Waals surface area contributed by atoms with Gasteiger partial charge in [-0.25, -0.2) is 4.79 Å². The van der Waals surface area contributed by atoms with E-state index in [4.69, 9.17) is 19.6 Å². The fraction of sp³-hybridized carbons (Fsp3) is 0.182. The molecule has 0 aliphatic carbocycles. The van der Waals surface area contributed by atoms with Crippen LogP contribution in [0, 0.1) is 11.3 Å². The average molecular weight is 453 g/mol. The molecule has 0 radical (unpaired) electrons. The average Bonchev–Trinajstić information content (AvgIpc) is 2.72. The van der Waals surface area contributed by atoms with Crippen molar-refractivity contribution in [2.45, 2.75) is 19.3 Å². The fourth-order valence-corrected chi connectivity index (χ4v) is 4.14. The Balaban J connectivity index is 2.05. The first-order valence-electron chi connectivity index (χ1n) is 8.99. The van der Waals surface area contributed by atoms with E-state index in [9.17, 15) is 10.1 Å². The Bertz CT molecular complexity index is 1270. The van der Waals surface area contributed by atoms with E-state index in [-0.39, 0.29) is 17.0 Å². The molecule has 0 fully saturated rings. The minimum absolute atomic E-state index is 0.0225. The van der Waals surface area contributed by atoms with Gasteiger partial charge in [0.25, 0.3) is 0 Å². The highest BCUT2D eigenvalue weighted by Gasteiger charge is 2.35. The number of hydrogen-bond acceptors (Lipinski definition) is 6. The molecule has 0 amide bonds. The van der Waals surface area contributed by atoms with E-state index in [2.05, 4.69) is 22.0 Å². The minimum Gasteiger partial charge on any atom is -0.496 e. The molecule has 0 spiro atoms. The third-order valence-corrected chi connectivity index (χ3v) is 5.67. The number of allylic oxidation sites excluding steroid dienone is 1. The van der Waals surface area contributed by atoms with Crippen molar-refractivity contribution in [1.82, 2.24) is 0 Å². The number of rotatable bonds is 3. The van der Waals surface area contributed by atoms with E-state index in [0.717, 1.165) is 12.0 Å². The van der Waals surface area contributed by atoms with E-state index in [1.165, 1.54) is 0 Å². The highest BCUT2D eigenvalue weighted by atomic mass is 79.9. The zero-order valence-electron chi connectivity index (χ0n) is 15.8. The molecule has 2 N–H and O–H groups in total. The summed E-state index contributed by atoms with van der Waals surface area (Å²) in [7, 11) is 1.56. The van der Waals surface area contributed by atoms with E-state index >= 15 is 0 Å². The summed E-state index contributed by atoms with van der Waals surface area (Å²) in [5.74, 6) is 0.234. The number of fused-ring (bicyclic) bond motifs is 3. The Morgan fingerprint density at radius 1 is 1.28 bits per heavy atom. The summed E-state index contributed by atoms with van der Waals surface area (Å²) in [4.78, 5) is 12.9. The monoisotopic (exact) mass is 452 g/mol. The molecule has 1 aliphatic rings. The van der Waals surface area contributed by atoms with Crippen LogP contribution in [0.3, 0.4) is 0 Å². The van der Waals surface area contributed by atoms with Gasteiger partial charge < -0.3 is 19.6 Å². The molecule has 0 bridgehead atoms. The first-order valence-corrected chi connectivity index (χ1v) is 9.78. The van der Waals surface area contributed by atoms with Crippen molar-refractivity contribution in [1.29, 1.82) is 5.26 Å². The van der Waals surface area contributed by atoms with Gasteiger partial charge in [0.05, 0.1) is 28.5 Å². The Morgan fingerprint density at radius 3 is 2.72 bits per heavy atom. The van der Waals surface area contributed by atoms with Crippen LogP contribution < -0.4 is 20.8 Å². The summed E-state index contributed by atoms with van der Waals surface area (Å²) >= 11 is 3.46. The molecular weight excluding hydrogens is 436 g/mol. The van der Waals surface area contributed by atoms with Crippen LogP contribution in [-0.4, -0.2) is 7.11 Å². The molecule has 6 nitrogen and oxygen atoms in total. The standard InChI is InChI=1S/C22H17BrN2O4/c1-3-11-4-6-16-13(8-11)20-19(22(26)28-16)18(14(10-24)21(25)29-20)12-5-7-17(27-2)15(23)9-12/h4-9,18H,3,25H2,1-2H3. The van der Waals surface area contributed by atoms with Crippen LogP contribution in [-0.2, 0) is 6.42 Å². The van der Waals surface area contributed by atoms with Crippen molar-refractivity contribution in [3.8, 4) is 17.6 Å². The Labute approximate surface area is 175 Å². The summed E-state index contributed by atoms with van der Waals surface area (Å²) in [6, 6.07) is 13.0. The number of hydrogen-bond donors (Lipinski definition) is 1. The van der Waals surface area contributed by atoms with Gasteiger partial charge in [0.1, 0.15) is 23.0 Å². The summed E-state index contributed by atoms with van der Waals surface area (Å²) in [6.07, 6.45) is 0.813. The summed E-state index contributed by atoms with van der Waals surface area (Å²) < 4.78 is 17.3. The zero-order valence-corrected chi connectivity index (χ0v) is 17.4. The number of halogens is 1. The Kier molecular flexibility index (Phi) is 4.81. The van der Waals surface area contributed by atoms with Crippen molar-refractivity contribution in [2.24, 2.45) is 5.73 Å². The molecule has 1 aliphatic heterocycles. The van der Waals surface area contributed by atoms with Gasteiger partial charge in [0.15, 0.2) is 5.75 Å². The number of methoxy groups -OCH3 is 1. The molecule has 1 atom stereocenters. The topological polar surface area (TPSA) is 98.5 Å². The molecule has 1 aromatic heterocycles. The molecule has 4 rings (SSSR count). The molecule has 1 unspecified atom stereocenters. The second-order valence-corrected chi connectivity index (χ2v) is 7.49. The second kappa shape index (κ2) is 7.30. The largest absolute Gasteiger partial charge is 0.496 e. The number of ether oxygens (including phenoxy) is 2. The fourth-order valence-electron chi connectivity index (χ4n) is 3.58. The number of nitriles is 1. The summed E-state index contributed by atoms with van der Waals surface area (Å²) in [5.41, 5.74) is 8.13. The van der Waals surface area contributed by atoms with Crippen LogP contribution >= 0.6 is 15.9 Å². The van der Waals surface area contributed by atoms with E-state index in [1.807, 2.05) is 19.1 Å². The number of benzene rings is 2. The first kappa shape index (κ1) is 19.1. The molecule has 2 aromatic carbocycles. The molecular formula is C22H17BrN2O4. The maximum atomic E-state index is 12.9. The van der Waals surface area contributed by atoms with Gasteiger partial charge in [-0.05, 0) is 57.7 Å². The molecule has 29 heavy (non-hydrogen) atoms. The summed E-state index contributed by atoms with van der Waals surface area (Å²) in [6.45, 7) is 2.04. The van der Waals surface area contributed by atoms with Crippen LogP contribution in [0.4, 0.5) is 0 Å². The third-order valence-electron chi connectivity index (χ3n) is 5.05. The highest BCUT2D eigenvalue weighted by molar-refractivity contribution is 9.10. The highest BCUT2D eigenvalue weighted by Crippen LogP contribution is 2.44. The van der Waals surface area contributed by atoms with Crippen molar-refractivity contribution < 1.29 is 13.9 Å². The first-order chi connectivity index (χ1) is 14.0. The van der Waals surface area contributed by atoms with Gasteiger partial charge >= 0.3 is 5.63 Å². The van der Waals surface area contributed by atoms with Crippen LogP contribution in [0.5, 0.6) is 11.5 Å². The number of nitrogens with zero attached hydrogens (tertiary/aromatic N) is 1. The lowest BCUT2D eigenvalue weighted by Gasteiger charge is -2.26. The van der Waals surface area contributed by atoms with Crippen LogP contribution in [0.2, 0.25) is 0 Å². The Hall–Kier alpha value is -3.24. The summed E-state index contributed by atoms with van der Waals surface area (Å²) in [5, 5.41) is 10.4. The van der Waals surface area contributed by atoms with Crippen LogP contribution in [0.1, 0.15) is 29.5 Å². The molecule has 2 heterocycles. The maximum Gasteiger partial charge on any atom is 0.344 e. The van der Waals surface area contributed by atoms with Gasteiger partial charge in [-0.1, -0.05) is 19.1 Å². The van der Waals surface area contributed by atoms with Crippen LogP contribution in [0.25, 0.3) is 11.0 Å². The predicted octanol–water partition coefficient (Wildman–Crippen LogP) is 4.34. The van der Waals surface area contributed by atoms with E-state index < -0.39 is 11.5 Å². The molecule has 3 aromatic rings. The van der Waals surface area contributed by atoms with Crippen molar-refractivity contribution >= 4 is 26.9 Å². The van der Waals surface area contributed by atoms with Gasteiger partial charge in [-0.15, -0.1) is 0 Å². The molecule has 0 saturated carbocycles. The lowest BCUT2D eigenvalue weighted by molar-refractivity contribution is 0.388. The quantitative estimate of drug-likeness (QED) is 0.593. The molecule has 7 heteroatoms.